The topological polar surface area (TPSA) is 38.9 Å². The Balaban J connectivity index is 2.33. The number of hydrogen-bond donors (Lipinski definition) is 1. The third-order valence-electron chi connectivity index (χ3n) is 2.30. The minimum atomic E-state index is 0.578. The summed E-state index contributed by atoms with van der Waals surface area (Å²) in [5.74, 6) is 0. The molecule has 0 atom stereocenters. The Morgan fingerprint density at radius 1 is 1.38 bits per heavy atom. The van der Waals surface area contributed by atoms with Crippen LogP contribution in [-0.4, -0.2) is 4.98 Å². The average Bonchev–Trinajstić information content (AvgIpc) is 2.67. The van der Waals surface area contributed by atoms with Crippen LogP contribution in [0.15, 0.2) is 32.8 Å². The normalized spacial score (nSPS) is 10.7. The van der Waals surface area contributed by atoms with Gasteiger partial charge in [0.15, 0.2) is 4.34 Å². The van der Waals surface area contributed by atoms with Crippen molar-refractivity contribution in [3.05, 3.63) is 40.4 Å². The molecule has 2 nitrogen and oxygen atoms in total. The van der Waals surface area contributed by atoms with Gasteiger partial charge in [-0.15, -0.1) is 11.3 Å². The van der Waals surface area contributed by atoms with Gasteiger partial charge in [0.1, 0.15) is 0 Å². The zero-order valence-electron chi connectivity index (χ0n) is 9.36. The third-order valence-corrected chi connectivity index (χ3v) is 4.65. The highest BCUT2D eigenvalue weighted by molar-refractivity contribution is 8.01. The highest BCUT2D eigenvalue weighted by Crippen LogP contribution is 2.34. The predicted octanol–water partition coefficient (Wildman–Crippen LogP) is 3.37. The Morgan fingerprint density at radius 3 is 2.81 bits per heavy atom. The monoisotopic (exact) mass is 250 g/mol. The Bertz CT molecular complexity index is 492. The summed E-state index contributed by atoms with van der Waals surface area (Å²) in [4.78, 5) is 5.71. The first-order valence-electron chi connectivity index (χ1n) is 5.09. The molecular weight excluding hydrogens is 236 g/mol. The number of hydrogen-bond acceptors (Lipinski definition) is 4. The van der Waals surface area contributed by atoms with Gasteiger partial charge in [-0.1, -0.05) is 30.0 Å². The van der Waals surface area contributed by atoms with Crippen LogP contribution in [0.1, 0.15) is 16.8 Å². The Hall–Kier alpha value is -0.840. The largest absolute Gasteiger partial charge is 0.326 e. The number of aryl methyl sites for hydroxylation is 2. The van der Waals surface area contributed by atoms with Gasteiger partial charge in [-0.2, -0.15) is 0 Å². The molecule has 0 aliphatic rings. The van der Waals surface area contributed by atoms with Crippen molar-refractivity contribution in [2.75, 3.05) is 0 Å². The number of benzene rings is 1. The summed E-state index contributed by atoms with van der Waals surface area (Å²) in [5.41, 5.74) is 9.28. The van der Waals surface area contributed by atoms with E-state index in [2.05, 4.69) is 35.5 Å². The fraction of sp³-hybridized carbons (Fsp3) is 0.250. The van der Waals surface area contributed by atoms with Crippen LogP contribution in [0, 0.1) is 13.8 Å². The molecule has 1 heterocycles. The van der Waals surface area contributed by atoms with Crippen LogP contribution in [-0.2, 0) is 6.54 Å². The van der Waals surface area contributed by atoms with Crippen molar-refractivity contribution < 1.29 is 0 Å². The van der Waals surface area contributed by atoms with E-state index in [1.165, 1.54) is 16.0 Å². The van der Waals surface area contributed by atoms with E-state index < -0.39 is 0 Å². The van der Waals surface area contributed by atoms with Gasteiger partial charge in [0, 0.05) is 22.5 Å². The molecule has 2 rings (SSSR count). The molecule has 0 spiro atoms. The van der Waals surface area contributed by atoms with Crippen molar-refractivity contribution in [1.29, 1.82) is 0 Å². The lowest BCUT2D eigenvalue weighted by molar-refractivity contribution is 1.01. The Kier molecular flexibility index (Phi) is 3.63. The zero-order valence-corrected chi connectivity index (χ0v) is 11.0. The van der Waals surface area contributed by atoms with Gasteiger partial charge in [0.2, 0.25) is 0 Å². The molecule has 0 amide bonds. The fourth-order valence-electron chi connectivity index (χ4n) is 1.49. The molecule has 0 fully saturated rings. The van der Waals surface area contributed by atoms with Gasteiger partial charge in [-0.05, 0) is 25.0 Å². The van der Waals surface area contributed by atoms with Crippen LogP contribution < -0.4 is 5.73 Å². The van der Waals surface area contributed by atoms with E-state index in [1.54, 1.807) is 23.1 Å². The third kappa shape index (κ3) is 2.45. The first-order valence-corrected chi connectivity index (χ1v) is 6.79. The van der Waals surface area contributed by atoms with E-state index in [9.17, 15) is 0 Å². The number of aromatic nitrogens is 1. The van der Waals surface area contributed by atoms with Crippen LogP contribution in [0.4, 0.5) is 0 Å². The molecule has 0 aliphatic carbocycles. The second-order valence-corrected chi connectivity index (χ2v) is 5.74. The van der Waals surface area contributed by atoms with Crippen LogP contribution in [0.2, 0.25) is 0 Å². The molecule has 1 aromatic carbocycles. The van der Waals surface area contributed by atoms with E-state index in [-0.39, 0.29) is 0 Å². The van der Waals surface area contributed by atoms with E-state index >= 15 is 0 Å². The van der Waals surface area contributed by atoms with Crippen LogP contribution in [0.25, 0.3) is 0 Å². The summed E-state index contributed by atoms with van der Waals surface area (Å²) >= 11 is 3.40. The van der Waals surface area contributed by atoms with Crippen LogP contribution in [0.5, 0.6) is 0 Å². The smallest absolute Gasteiger partial charge is 0.154 e. The van der Waals surface area contributed by atoms with Gasteiger partial charge in [-0.3, -0.25) is 0 Å². The van der Waals surface area contributed by atoms with E-state index in [0.29, 0.717) is 6.54 Å². The molecule has 0 radical (unpaired) electrons. The molecule has 0 bridgehead atoms. The molecule has 0 saturated heterocycles. The molecule has 0 aliphatic heterocycles. The van der Waals surface area contributed by atoms with E-state index in [1.807, 2.05) is 6.92 Å². The average molecular weight is 250 g/mol. The summed E-state index contributed by atoms with van der Waals surface area (Å²) in [6.07, 6.45) is 0. The lowest BCUT2D eigenvalue weighted by atomic mass is 10.1. The summed E-state index contributed by atoms with van der Waals surface area (Å²) in [5, 5.41) is 2.07. The number of thiazole rings is 1. The molecule has 2 aromatic rings. The zero-order chi connectivity index (χ0) is 11.5. The van der Waals surface area contributed by atoms with Crippen molar-refractivity contribution >= 4 is 23.1 Å². The van der Waals surface area contributed by atoms with Crippen LogP contribution in [0.3, 0.4) is 0 Å². The molecule has 2 N–H and O–H groups in total. The number of rotatable bonds is 3. The molecule has 16 heavy (non-hydrogen) atoms. The second kappa shape index (κ2) is 4.99. The highest BCUT2D eigenvalue weighted by atomic mass is 32.2. The van der Waals surface area contributed by atoms with Gasteiger partial charge in [0.25, 0.3) is 0 Å². The van der Waals surface area contributed by atoms with E-state index in [4.69, 9.17) is 5.73 Å². The minimum Gasteiger partial charge on any atom is -0.326 e. The maximum Gasteiger partial charge on any atom is 0.154 e. The lowest BCUT2D eigenvalue weighted by Crippen LogP contribution is -1.99. The molecule has 0 unspecified atom stereocenters. The summed E-state index contributed by atoms with van der Waals surface area (Å²) in [6, 6.07) is 6.24. The summed E-state index contributed by atoms with van der Waals surface area (Å²) in [7, 11) is 0. The van der Waals surface area contributed by atoms with Crippen molar-refractivity contribution in [2.24, 2.45) is 5.73 Å². The SMILES string of the molecule is Cc1csc(Sc2c(C)cccc2CN)n1. The van der Waals surface area contributed by atoms with Crippen LogP contribution >= 0.6 is 23.1 Å². The standard InChI is InChI=1S/C12H14N2S2/c1-8-4-3-5-10(6-13)11(8)16-12-14-9(2)7-15-12/h3-5,7H,6,13H2,1-2H3. The van der Waals surface area contributed by atoms with E-state index in [0.717, 1.165) is 10.0 Å². The van der Waals surface area contributed by atoms with Crippen molar-refractivity contribution in [3.8, 4) is 0 Å². The lowest BCUT2D eigenvalue weighted by Gasteiger charge is -2.08. The number of nitrogens with zero attached hydrogens (tertiary/aromatic N) is 1. The molecule has 1 aromatic heterocycles. The Morgan fingerprint density at radius 2 is 2.19 bits per heavy atom. The first-order chi connectivity index (χ1) is 7.70. The van der Waals surface area contributed by atoms with Gasteiger partial charge >= 0.3 is 0 Å². The second-order valence-electron chi connectivity index (χ2n) is 3.62. The minimum absolute atomic E-state index is 0.578. The molecule has 4 heteroatoms. The predicted molar refractivity (Wildman–Crippen MR) is 70.0 cm³/mol. The maximum absolute atomic E-state index is 5.75. The van der Waals surface area contributed by atoms with Gasteiger partial charge in [-0.25, -0.2) is 4.98 Å². The van der Waals surface area contributed by atoms with Crippen molar-refractivity contribution in [3.63, 3.8) is 0 Å². The quantitative estimate of drug-likeness (QED) is 0.907. The summed E-state index contributed by atoms with van der Waals surface area (Å²) in [6.45, 7) is 4.71. The molecule has 0 saturated carbocycles. The molecule has 84 valence electrons. The highest BCUT2D eigenvalue weighted by Gasteiger charge is 2.08. The maximum atomic E-state index is 5.75. The van der Waals surface area contributed by atoms with Crippen molar-refractivity contribution in [1.82, 2.24) is 4.98 Å². The Labute approximate surface area is 104 Å². The first kappa shape index (κ1) is 11.6. The summed E-state index contributed by atoms with van der Waals surface area (Å²) < 4.78 is 1.08. The van der Waals surface area contributed by atoms with Gasteiger partial charge in [0.05, 0.1) is 0 Å². The fourth-order valence-corrected chi connectivity index (χ4v) is 3.47. The van der Waals surface area contributed by atoms with Crippen molar-refractivity contribution in [2.45, 2.75) is 29.6 Å². The van der Waals surface area contributed by atoms with Gasteiger partial charge < -0.3 is 5.73 Å². The number of nitrogens with two attached hydrogens (primary N) is 1. The molecular formula is C12H14N2S2.